The van der Waals surface area contributed by atoms with Gasteiger partial charge < -0.3 is 0 Å². The molecule has 1 aromatic heterocycles. The maximum absolute atomic E-state index is 4.64. The summed E-state index contributed by atoms with van der Waals surface area (Å²) in [6, 6.07) is 8.46. The Balaban J connectivity index is 2.08. The van der Waals surface area contributed by atoms with E-state index in [1.165, 1.54) is 29.7 Å². The van der Waals surface area contributed by atoms with Crippen LogP contribution in [0.15, 0.2) is 28.7 Å². The Hall–Kier alpha value is -1.09. The number of fused-ring (bicyclic) bond motifs is 1. The van der Waals surface area contributed by atoms with Crippen LogP contribution in [0.2, 0.25) is 0 Å². The van der Waals surface area contributed by atoms with Crippen LogP contribution in [-0.4, -0.2) is 10.2 Å². The van der Waals surface area contributed by atoms with Crippen LogP contribution in [0.5, 0.6) is 0 Å². The monoisotopic (exact) mass is 332 g/mol. The average molecular weight is 333 g/mol. The first-order valence-corrected chi connectivity index (χ1v) is 8.21. The highest BCUT2D eigenvalue weighted by Crippen LogP contribution is 2.44. The van der Waals surface area contributed by atoms with E-state index < -0.39 is 0 Å². The molecule has 0 spiro atoms. The molecule has 0 aliphatic heterocycles. The minimum atomic E-state index is 0.595. The van der Waals surface area contributed by atoms with Crippen LogP contribution < -0.4 is 0 Å². The molecule has 0 amide bonds. The third-order valence-corrected chi connectivity index (χ3v) is 5.06. The van der Waals surface area contributed by atoms with Crippen molar-refractivity contribution in [1.29, 1.82) is 0 Å². The third kappa shape index (κ3) is 2.32. The lowest BCUT2D eigenvalue weighted by molar-refractivity contribution is 0.403. The predicted molar refractivity (Wildman–Crippen MR) is 87.0 cm³/mol. The standard InChI is InChI=1S/C17H21BrN2/c1-10(2)14-9-4-11(3)15-16(19-20-17(14)15)12-5-7-13(18)8-6-12/h5-8,10-11,14H,4,9H2,1-3H3,(H,19,20)/t11-,14+/m1/s1. The van der Waals surface area contributed by atoms with Crippen molar-refractivity contribution in [2.45, 2.75) is 45.4 Å². The summed E-state index contributed by atoms with van der Waals surface area (Å²) in [6.07, 6.45) is 2.53. The molecule has 0 unspecified atom stereocenters. The van der Waals surface area contributed by atoms with Gasteiger partial charge in [0.05, 0.1) is 5.69 Å². The van der Waals surface area contributed by atoms with Crippen LogP contribution in [0.25, 0.3) is 11.3 Å². The largest absolute Gasteiger partial charge is 0.281 e. The molecule has 20 heavy (non-hydrogen) atoms. The molecule has 1 heterocycles. The van der Waals surface area contributed by atoms with Crippen LogP contribution in [0.4, 0.5) is 0 Å². The Morgan fingerprint density at radius 1 is 1.20 bits per heavy atom. The van der Waals surface area contributed by atoms with E-state index in [1.54, 1.807) is 0 Å². The van der Waals surface area contributed by atoms with Gasteiger partial charge in [-0.1, -0.05) is 48.8 Å². The molecular weight excluding hydrogens is 312 g/mol. The van der Waals surface area contributed by atoms with Crippen molar-refractivity contribution in [3.8, 4) is 11.3 Å². The van der Waals surface area contributed by atoms with E-state index in [-0.39, 0.29) is 0 Å². The van der Waals surface area contributed by atoms with E-state index in [4.69, 9.17) is 0 Å². The number of hydrogen-bond acceptors (Lipinski definition) is 1. The lowest BCUT2D eigenvalue weighted by atomic mass is 9.75. The predicted octanol–water partition coefficient (Wildman–Crippen LogP) is 5.48. The van der Waals surface area contributed by atoms with Gasteiger partial charge in [0, 0.05) is 27.2 Å². The maximum atomic E-state index is 4.64. The van der Waals surface area contributed by atoms with Gasteiger partial charge in [-0.3, -0.25) is 5.10 Å². The normalized spacial score (nSPS) is 22.1. The molecule has 0 radical (unpaired) electrons. The number of nitrogens with one attached hydrogen (secondary N) is 1. The zero-order valence-electron chi connectivity index (χ0n) is 12.3. The highest BCUT2D eigenvalue weighted by Gasteiger charge is 2.31. The fraction of sp³-hybridized carbons (Fsp3) is 0.471. The summed E-state index contributed by atoms with van der Waals surface area (Å²) < 4.78 is 1.11. The molecule has 1 aromatic carbocycles. The molecular formula is C17H21BrN2. The quantitative estimate of drug-likeness (QED) is 0.775. The smallest absolute Gasteiger partial charge is 0.0958 e. The van der Waals surface area contributed by atoms with Crippen molar-refractivity contribution < 1.29 is 0 Å². The van der Waals surface area contributed by atoms with Crippen LogP contribution in [0.1, 0.15) is 56.7 Å². The molecule has 0 fully saturated rings. The van der Waals surface area contributed by atoms with Crippen LogP contribution in [0, 0.1) is 5.92 Å². The molecule has 0 saturated heterocycles. The second-order valence-corrected chi connectivity index (χ2v) is 7.15. The summed E-state index contributed by atoms with van der Waals surface area (Å²) in [4.78, 5) is 0. The average Bonchev–Trinajstić information content (AvgIpc) is 2.85. The van der Waals surface area contributed by atoms with E-state index in [2.05, 4.69) is 71.2 Å². The molecule has 3 heteroatoms. The Morgan fingerprint density at radius 3 is 2.55 bits per heavy atom. The number of rotatable bonds is 2. The fourth-order valence-corrected chi connectivity index (χ4v) is 3.62. The molecule has 1 N–H and O–H groups in total. The van der Waals surface area contributed by atoms with Gasteiger partial charge in [-0.05, 0) is 36.8 Å². The fourth-order valence-electron chi connectivity index (χ4n) is 3.36. The Labute approximate surface area is 129 Å². The highest BCUT2D eigenvalue weighted by molar-refractivity contribution is 9.10. The summed E-state index contributed by atoms with van der Waals surface area (Å²) in [5.74, 6) is 1.88. The minimum absolute atomic E-state index is 0.595. The number of aromatic nitrogens is 2. The number of H-pyrrole nitrogens is 1. The molecule has 0 saturated carbocycles. The van der Waals surface area contributed by atoms with Gasteiger partial charge in [0.15, 0.2) is 0 Å². The van der Waals surface area contributed by atoms with Crippen molar-refractivity contribution >= 4 is 15.9 Å². The topological polar surface area (TPSA) is 28.7 Å². The summed E-state index contributed by atoms with van der Waals surface area (Å²) in [5.41, 5.74) is 5.17. The van der Waals surface area contributed by atoms with Crippen molar-refractivity contribution in [3.05, 3.63) is 40.0 Å². The van der Waals surface area contributed by atoms with E-state index in [1.807, 2.05) is 0 Å². The van der Waals surface area contributed by atoms with Crippen LogP contribution >= 0.6 is 15.9 Å². The second kappa shape index (κ2) is 5.36. The summed E-state index contributed by atoms with van der Waals surface area (Å²) >= 11 is 3.50. The van der Waals surface area contributed by atoms with Crippen molar-refractivity contribution in [2.75, 3.05) is 0 Å². The van der Waals surface area contributed by atoms with E-state index in [0.29, 0.717) is 17.8 Å². The first kappa shape index (κ1) is 13.9. The number of halogens is 1. The Kier molecular flexibility index (Phi) is 3.72. The minimum Gasteiger partial charge on any atom is -0.281 e. The van der Waals surface area contributed by atoms with Crippen LogP contribution in [0.3, 0.4) is 0 Å². The molecule has 3 rings (SSSR count). The van der Waals surface area contributed by atoms with E-state index in [0.717, 1.165) is 10.2 Å². The molecule has 1 aliphatic carbocycles. The zero-order valence-corrected chi connectivity index (χ0v) is 13.9. The van der Waals surface area contributed by atoms with Gasteiger partial charge in [-0.25, -0.2) is 0 Å². The van der Waals surface area contributed by atoms with Crippen molar-refractivity contribution in [1.82, 2.24) is 10.2 Å². The molecule has 1 aliphatic rings. The van der Waals surface area contributed by atoms with Gasteiger partial charge >= 0.3 is 0 Å². The lowest BCUT2D eigenvalue weighted by Crippen LogP contribution is -2.16. The molecule has 0 bridgehead atoms. The van der Waals surface area contributed by atoms with Gasteiger partial charge in [0.1, 0.15) is 0 Å². The zero-order chi connectivity index (χ0) is 14.3. The first-order valence-electron chi connectivity index (χ1n) is 7.42. The van der Waals surface area contributed by atoms with E-state index >= 15 is 0 Å². The Bertz CT molecular complexity index is 598. The molecule has 2 aromatic rings. The van der Waals surface area contributed by atoms with Crippen LogP contribution in [-0.2, 0) is 0 Å². The lowest BCUT2D eigenvalue weighted by Gasteiger charge is -2.29. The number of hydrogen-bond donors (Lipinski definition) is 1. The summed E-state index contributed by atoms with van der Waals surface area (Å²) in [5, 5.41) is 7.98. The van der Waals surface area contributed by atoms with E-state index in [9.17, 15) is 0 Å². The van der Waals surface area contributed by atoms with Crippen molar-refractivity contribution in [2.24, 2.45) is 5.92 Å². The SMILES string of the molecule is CC(C)[C@@H]1CC[C@@H](C)c2c(-c3ccc(Br)cc3)n[nH]c21. The van der Waals surface area contributed by atoms with Crippen molar-refractivity contribution in [3.63, 3.8) is 0 Å². The molecule has 2 atom stereocenters. The number of nitrogens with zero attached hydrogens (tertiary/aromatic N) is 1. The van der Waals surface area contributed by atoms with Gasteiger partial charge in [-0.15, -0.1) is 0 Å². The van der Waals surface area contributed by atoms with Gasteiger partial charge in [0.25, 0.3) is 0 Å². The van der Waals surface area contributed by atoms with Gasteiger partial charge in [-0.2, -0.15) is 5.10 Å². The second-order valence-electron chi connectivity index (χ2n) is 6.24. The number of benzene rings is 1. The summed E-state index contributed by atoms with van der Waals surface area (Å²) in [6.45, 7) is 6.95. The third-order valence-electron chi connectivity index (χ3n) is 4.53. The maximum Gasteiger partial charge on any atom is 0.0958 e. The van der Waals surface area contributed by atoms with Gasteiger partial charge in [0.2, 0.25) is 0 Å². The molecule has 106 valence electrons. The number of aromatic amines is 1. The Morgan fingerprint density at radius 2 is 1.90 bits per heavy atom. The first-order chi connectivity index (χ1) is 9.58. The molecule has 2 nitrogen and oxygen atoms in total. The highest BCUT2D eigenvalue weighted by atomic mass is 79.9. The summed E-state index contributed by atoms with van der Waals surface area (Å²) in [7, 11) is 0.